The van der Waals surface area contributed by atoms with Crippen molar-refractivity contribution in [2.24, 2.45) is 5.92 Å². The van der Waals surface area contributed by atoms with Crippen molar-refractivity contribution >= 4 is 11.7 Å². The molecule has 126 valence electrons. The number of aliphatic carboxylic acids is 1. The van der Waals surface area contributed by atoms with Crippen LogP contribution in [0.2, 0.25) is 0 Å². The van der Waals surface area contributed by atoms with Gasteiger partial charge in [0.25, 0.3) is 0 Å². The monoisotopic (exact) mass is 328 g/mol. The molecule has 6 heteroatoms. The number of rotatable bonds is 4. The van der Waals surface area contributed by atoms with Gasteiger partial charge in [-0.25, -0.2) is 4.79 Å². The van der Waals surface area contributed by atoms with Crippen LogP contribution in [0, 0.1) is 19.8 Å². The summed E-state index contributed by atoms with van der Waals surface area (Å²) in [6, 6.07) is 5.85. The number of hydrogen-bond donors (Lipinski definition) is 1. The normalized spacial score (nSPS) is 19.8. The van der Waals surface area contributed by atoms with Gasteiger partial charge in [0.1, 0.15) is 11.5 Å². The second-order valence-electron chi connectivity index (χ2n) is 6.67. The molecule has 0 bridgehead atoms. The summed E-state index contributed by atoms with van der Waals surface area (Å²) >= 11 is 0. The first-order valence-corrected chi connectivity index (χ1v) is 8.24. The average molecular weight is 328 g/mol. The number of aromatic nitrogens is 1. The molecule has 24 heavy (non-hydrogen) atoms. The maximum absolute atomic E-state index is 11.4. The molecule has 1 aliphatic carbocycles. The van der Waals surface area contributed by atoms with Gasteiger partial charge in [0.05, 0.1) is 17.9 Å². The van der Waals surface area contributed by atoms with Crippen LogP contribution in [0.15, 0.2) is 22.7 Å². The summed E-state index contributed by atoms with van der Waals surface area (Å²) in [6.45, 7) is 5.08. The van der Waals surface area contributed by atoms with Gasteiger partial charge in [-0.1, -0.05) is 11.2 Å². The lowest BCUT2D eigenvalue weighted by Crippen LogP contribution is -2.45. The Hall–Kier alpha value is -2.50. The molecular formula is C18H20N2O4. The number of carboxylic acids is 1. The topological polar surface area (TPSA) is 75.8 Å². The highest BCUT2D eigenvalue weighted by atomic mass is 16.5. The summed E-state index contributed by atoms with van der Waals surface area (Å²) in [5, 5.41) is 13.4. The lowest BCUT2D eigenvalue weighted by atomic mass is 10.0. The molecule has 4 rings (SSSR count). The van der Waals surface area contributed by atoms with Gasteiger partial charge in [-0.15, -0.1) is 0 Å². The fourth-order valence-corrected chi connectivity index (χ4v) is 3.32. The molecule has 1 aliphatic heterocycles. The van der Waals surface area contributed by atoms with Crippen molar-refractivity contribution < 1.29 is 19.2 Å². The summed E-state index contributed by atoms with van der Waals surface area (Å²) in [4.78, 5) is 13.5. The number of aryl methyl sites for hydroxylation is 2. The van der Waals surface area contributed by atoms with Crippen molar-refractivity contribution in [1.29, 1.82) is 0 Å². The SMILES string of the molecule is Cc1noc(C)c1-c1ccc2c(c1)N(CC1CC1)CC(C(=O)O)O2. The zero-order chi connectivity index (χ0) is 16.8. The minimum absolute atomic E-state index is 0.379. The summed E-state index contributed by atoms with van der Waals surface area (Å²) in [6.07, 6.45) is 1.61. The quantitative estimate of drug-likeness (QED) is 0.930. The molecule has 2 aromatic rings. The van der Waals surface area contributed by atoms with E-state index < -0.39 is 12.1 Å². The molecule has 1 aromatic heterocycles. The fourth-order valence-electron chi connectivity index (χ4n) is 3.32. The Morgan fingerprint density at radius 1 is 1.38 bits per heavy atom. The zero-order valence-electron chi connectivity index (χ0n) is 13.8. The molecule has 1 aromatic carbocycles. The lowest BCUT2D eigenvalue weighted by Gasteiger charge is -2.35. The summed E-state index contributed by atoms with van der Waals surface area (Å²) in [5.74, 6) is 1.15. The number of ether oxygens (including phenoxy) is 1. The number of benzene rings is 1. The Morgan fingerprint density at radius 3 is 2.79 bits per heavy atom. The molecule has 2 aliphatic rings. The Morgan fingerprint density at radius 2 is 2.17 bits per heavy atom. The Labute approximate surface area is 140 Å². The van der Waals surface area contributed by atoms with Gasteiger partial charge in [0, 0.05) is 12.1 Å². The molecular weight excluding hydrogens is 308 g/mol. The van der Waals surface area contributed by atoms with E-state index in [9.17, 15) is 9.90 Å². The van der Waals surface area contributed by atoms with Crippen LogP contribution in [0.4, 0.5) is 5.69 Å². The van der Waals surface area contributed by atoms with Crippen LogP contribution in [0.5, 0.6) is 5.75 Å². The minimum Gasteiger partial charge on any atom is -0.478 e. The number of carbonyl (C=O) groups is 1. The van der Waals surface area contributed by atoms with Crippen LogP contribution in [-0.2, 0) is 4.79 Å². The smallest absolute Gasteiger partial charge is 0.346 e. The van der Waals surface area contributed by atoms with E-state index in [-0.39, 0.29) is 0 Å². The van der Waals surface area contributed by atoms with Crippen LogP contribution < -0.4 is 9.64 Å². The third kappa shape index (κ3) is 2.62. The van der Waals surface area contributed by atoms with Crippen LogP contribution >= 0.6 is 0 Å². The van der Waals surface area contributed by atoms with E-state index in [1.807, 2.05) is 26.0 Å². The Bertz CT molecular complexity index is 775. The zero-order valence-corrected chi connectivity index (χ0v) is 13.8. The molecule has 0 amide bonds. The standard InChI is InChI=1S/C18H20N2O4/c1-10-17(11(2)24-19-10)13-5-6-15-14(7-13)20(8-12-3-4-12)9-16(23-15)18(21)22/h5-7,12,16H,3-4,8-9H2,1-2H3,(H,21,22). The van der Waals surface area contributed by atoms with Gasteiger partial charge >= 0.3 is 5.97 Å². The number of fused-ring (bicyclic) bond motifs is 1. The first kappa shape index (κ1) is 15.1. The van der Waals surface area contributed by atoms with Crippen LogP contribution in [0.25, 0.3) is 11.1 Å². The second-order valence-corrected chi connectivity index (χ2v) is 6.67. The van der Waals surface area contributed by atoms with E-state index in [1.54, 1.807) is 0 Å². The number of carboxylic acid groups (broad SMARTS) is 1. The second kappa shape index (κ2) is 5.54. The van der Waals surface area contributed by atoms with Crippen molar-refractivity contribution in [2.75, 3.05) is 18.0 Å². The molecule has 1 N–H and O–H groups in total. The van der Waals surface area contributed by atoms with Gasteiger partial charge in [-0.2, -0.15) is 0 Å². The van der Waals surface area contributed by atoms with E-state index in [1.165, 1.54) is 12.8 Å². The number of hydrogen-bond acceptors (Lipinski definition) is 5. The molecule has 0 saturated heterocycles. The maximum Gasteiger partial charge on any atom is 0.346 e. The van der Waals surface area contributed by atoms with Crippen molar-refractivity contribution in [3.05, 3.63) is 29.7 Å². The lowest BCUT2D eigenvalue weighted by molar-refractivity contribution is -0.144. The van der Waals surface area contributed by atoms with Crippen molar-refractivity contribution in [1.82, 2.24) is 5.16 Å². The van der Waals surface area contributed by atoms with E-state index in [0.29, 0.717) is 18.2 Å². The van der Waals surface area contributed by atoms with Crippen molar-refractivity contribution in [3.8, 4) is 16.9 Å². The highest BCUT2D eigenvalue weighted by Gasteiger charge is 2.34. The molecule has 1 fully saturated rings. The molecule has 0 radical (unpaired) electrons. The summed E-state index contributed by atoms with van der Waals surface area (Å²) in [7, 11) is 0. The predicted molar refractivity (Wildman–Crippen MR) is 88.4 cm³/mol. The summed E-state index contributed by atoms with van der Waals surface area (Å²) < 4.78 is 10.9. The molecule has 2 heterocycles. The third-order valence-corrected chi connectivity index (χ3v) is 4.73. The van der Waals surface area contributed by atoms with E-state index in [2.05, 4.69) is 16.1 Å². The number of nitrogens with zero attached hydrogens (tertiary/aromatic N) is 2. The molecule has 6 nitrogen and oxygen atoms in total. The molecule has 0 spiro atoms. The van der Waals surface area contributed by atoms with Crippen molar-refractivity contribution in [3.63, 3.8) is 0 Å². The number of anilines is 1. The van der Waals surface area contributed by atoms with Gasteiger partial charge in [-0.05, 0) is 50.3 Å². The third-order valence-electron chi connectivity index (χ3n) is 4.73. The van der Waals surface area contributed by atoms with Gasteiger partial charge in [-0.3, -0.25) is 0 Å². The van der Waals surface area contributed by atoms with E-state index >= 15 is 0 Å². The van der Waals surface area contributed by atoms with Crippen molar-refractivity contribution in [2.45, 2.75) is 32.8 Å². The molecule has 1 atom stereocenters. The van der Waals surface area contributed by atoms with E-state index in [0.717, 1.165) is 34.8 Å². The predicted octanol–water partition coefficient (Wildman–Crippen LogP) is 3.02. The average Bonchev–Trinajstić information content (AvgIpc) is 3.31. The molecule has 1 unspecified atom stereocenters. The van der Waals surface area contributed by atoms with Crippen LogP contribution in [-0.4, -0.2) is 35.4 Å². The highest BCUT2D eigenvalue weighted by molar-refractivity contribution is 5.79. The maximum atomic E-state index is 11.4. The Balaban J connectivity index is 1.74. The van der Waals surface area contributed by atoms with Crippen LogP contribution in [0.3, 0.4) is 0 Å². The van der Waals surface area contributed by atoms with E-state index in [4.69, 9.17) is 9.26 Å². The van der Waals surface area contributed by atoms with Crippen LogP contribution in [0.1, 0.15) is 24.3 Å². The molecule has 1 saturated carbocycles. The van der Waals surface area contributed by atoms with Gasteiger partial charge < -0.3 is 19.3 Å². The highest BCUT2D eigenvalue weighted by Crippen LogP contribution is 2.41. The summed E-state index contributed by atoms with van der Waals surface area (Å²) in [5.41, 5.74) is 3.81. The fraction of sp³-hybridized carbons (Fsp3) is 0.444. The first-order chi connectivity index (χ1) is 11.5. The first-order valence-electron chi connectivity index (χ1n) is 8.24. The minimum atomic E-state index is -0.920. The van der Waals surface area contributed by atoms with Gasteiger partial charge in [0.2, 0.25) is 6.10 Å². The largest absolute Gasteiger partial charge is 0.478 e. The van der Waals surface area contributed by atoms with Gasteiger partial charge in [0.15, 0.2) is 0 Å². The Kier molecular flexibility index (Phi) is 3.48.